The normalized spacial score (nSPS) is 17.5. The van der Waals surface area contributed by atoms with E-state index in [1.54, 1.807) is 24.3 Å². The highest BCUT2D eigenvalue weighted by Gasteiger charge is 2.39. The van der Waals surface area contributed by atoms with E-state index in [9.17, 15) is 17.6 Å². The summed E-state index contributed by atoms with van der Waals surface area (Å²) >= 11 is 5.64. The molecule has 0 spiro atoms. The fraction of sp³-hybridized carbons (Fsp3) is 0.188. The molecule has 1 aliphatic heterocycles. The van der Waals surface area contributed by atoms with Crippen LogP contribution in [0.1, 0.15) is 22.7 Å². The Bertz CT molecular complexity index is 820. The first-order valence-corrected chi connectivity index (χ1v) is 7.27. The summed E-state index contributed by atoms with van der Waals surface area (Å²) in [4.78, 5) is 4.08. The summed E-state index contributed by atoms with van der Waals surface area (Å²) in [7, 11) is 0. The number of benzene rings is 2. The second kappa shape index (κ2) is 5.98. The van der Waals surface area contributed by atoms with Crippen LogP contribution in [0.15, 0.2) is 41.4 Å². The van der Waals surface area contributed by atoms with Crippen molar-refractivity contribution in [2.75, 3.05) is 12.3 Å². The minimum absolute atomic E-state index is 0.0746. The van der Waals surface area contributed by atoms with Gasteiger partial charge in [-0.25, -0.2) is 9.38 Å². The number of halogens is 5. The minimum atomic E-state index is -4.73. The molecule has 24 heavy (non-hydrogen) atoms. The first-order chi connectivity index (χ1) is 11.3. The summed E-state index contributed by atoms with van der Waals surface area (Å²) in [6.07, 6.45) is -4.73. The number of nitrogen functional groups attached to an aromatic ring is 1. The molecular formula is C16H11ClF4N2O. The van der Waals surface area contributed by atoms with E-state index in [2.05, 4.69) is 4.99 Å². The topological polar surface area (TPSA) is 47.6 Å². The zero-order valence-corrected chi connectivity index (χ0v) is 12.8. The van der Waals surface area contributed by atoms with Gasteiger partial charge in [-0.2, -0.15) is 13.2 Å². The number of hydrogen-bond donors (Lipinski definition) is 1. The van der Waals surface area contributed by atoms with Crippen LogP contribution in [0.3, 0.4) is 0 Å². The van der Waals surface area contributed by atoms with Crippen molar-refractivity contribution in [3.8, 4) is 0 Å². The highest BCUT2D eigenvalue weighted by molar-refractivity contribution is 6.30. The number of anilines is 1. The van der Waals surface area contributed by atoms with Crippen molar-refractivity contribution in [1.82, 2.24) is 0 Å². The molecule has 1 aliphatic rings. The standard InChI is InChI=1S/C16H11ClF4N2O/c17-10-6-5-9(16(19,20)21)13(14(10)18)12-7-24-15(23-12)8-3-1-2-4-11(8)22/h1-6,12H,7,22H2. The van der Waals surface area contributed by atoms with Crippen LogP contribution in [0.2, 0.25) is 5.02 Å². The smallest absolute Gasteiger partial charge is 0.416 e. The molecule has 0 aliphatic carbocycles. The molecule has 0 fully saturated rings. The highest BCUT2D eigenvalue weighted by Crippen LogP contribution is 2.40. The predicted molar refractivity (Wildman–Crippen MR) is 82.5 cm³/mol. The number of hydrogen-bond acceptors (Lipinski definition) is 3. The fourth-order valence-electron chi connectivity index (χ4n) is 2.50. The second-order valence-corrected chi connectivity index (χ2v) is 5.58. The molecule has 2 N–H and O–H groups in total. The zero-order valence-electron chi connectivity index (χ0n) is 12.1. The first kappa shape index (κ1) is 16.6. The van der Waals surface area contributed by atoms with Crippen molar-refractivity contribution in [2.45, 2.75) is 12.2 Å². The summed E-state index contributed by atoms with van der Waals surface area (Å²) < 4.78 is 59.2. The van der Waals surface area contributed by atoms with Gasteiger partial charge in [0.2, 0.25) is 5.90 Å². The molecule has 0 radical (unpaired) electrons. The van der Waals surface area contributed by atoms with Crippen LogP contribution in [0.4, 0.5) is 23.2 Å². The van der Waals surface area contributed by atoms with E-state index < -0.39 is 34.2 Å². The number of nitrogens with zero attached hydrogens (tertiary/aromatic N) is 1. The Labute approximate surface area is 139 Å². The summed E-state index contributed by atoms with van der Waals surface area (Å²) in [6.45, 7) is -0.232. The lowest BCUT2D eigenvalue weighted by Crippen LogP contribution is -2.14. The van der Waals surface area contributed by atoms with Gasteiger partial charge >= 0.3 is 6.18 Å². The second-order valence-electron chi connectivity index (χ2n) is 5.17. The molecule has 0 bridgehead atoms. The number of para-hydroxylation sites is 1. The van der Waals surface area contributed by atoms with Crippen molar-refractivity contribution in [2.24, 2.45) is 4.99 Å². The molecule has 3 rings (SSSR count). The largest absolute Gasteiger partial charge is 0.475 e. The maximum absolute atomic E-state index is 14.3. The molecule has 0 saturated heterocycles. The molecule has 2 aromatic rings. The molecule has 0 aromatic heterocycles. The summed E-state index contributed by atoms with van der Waals surface area (Å²) in [5, 5.41) is -0.402. The van der Waals surface area contributed by atoms with E-state index in [4.69, 9.17) is 22.1 Å². The van der Waals surface area contributed by atoms with Gasteiger partial charge in [-0.05, 0) is 24.3 Å². The fourth-order valence-corrected chi connectivity index (χ4v) is 2.66. The summed E-state index contributed by atoms with van der Waals surface area (Å²) in [6, 6.07) is 7.07. The van der Waals surface area contributed by atoms with Crippen molar-refractivity contribution in [3.63, 3.8) is 0 Å². The van der Waals surface area contributed by atoms with Crippen LogP contribution in [-0.2, 0) is 10.9 Å². The quantitative estimate of drug-likeness (QED) is 0.630. The Morgan fingerprint density at radius 3 is 2.54 bits per heavy atom. The van der Waals surface area contributed by atoms with E-state index in [0.29, 0.717) is 11.3 Å². The zero-order chi connectivity index (χ0) is 17.5. The molecule has 2 aromatic carbocycles. The van der Waals surface area contributed by atoms with Crippen molar-refractivity contribution < 1.29 is 22.3 Å². The Kier molecular flexibility index (Phi) is 4.13. The summed E-state index contributed by atoms with van der Waals surface area (Å²) in [5.41, 5.74) is 4.86. The van der Waals surface area contributed by atoms with Gasteiger partial charge in [0, 0.05) is 11.3 Å². The Hall–Kier alpha value is -2.28. The lowest BCUT2D eigenvalue weighted by molar-refractivity contribution is -0.138. The van der Waals surface area contributed by atoms with E-state index in [1.807, 2.05) is 0 Å². The maximum Gasteiger partial charge on any atom is 0.416 e. The van der Waals surface area contributed by atoms with E-state index >= 15 is 0 Å². The lowest BCUT2D eigenvalue weighted by Gasteiger charge is -2.16. The van der Waals surface area contributed by atoms with Gasteiger partial charge in [0.15, 0.2) is 0 Å². The molecule has 1 heterocycles. The number of ether oxygens (including phenoxy) is 1. The van der Waals surface area contributed by atoms with Crippen molar-refractivity contribution in [1.29, 1.82) is 0 Å². The average Bonchev–Trinajstić information content (AvgIpc) is 2.98. The molecule has 3 nitrogen and oxygen atoms in total. The maximum atomic E-state index is 14.3. The number of aliphatic imine (C=N–C) groups is 1. The van der Waals surface area contributed by atoms with Gasteiger partial charge in [0.1, 0.15) is 18.5 Å². The average molecular weight is 359 g/mol. The molecule has 8 heteroatoms. The molecule has 126 valence electrons. The van der Waals surface area contributed by atoms with Gasteiger partial charge in [0.05, 0.1) is 16.1 Å². The van der Waals surface area contributed by atoms with Crippen LogP contribution in [-0.4, -0.2) is 12.5 Å². The molecule has 0 saturated carbocycles. The Morgan fingerprint density at radius 2 is 1.88 bits per heavy atom. The van der Waals surface area contributed by atoms with E-state index in [1.165, 1.54) is 0 Å². The van der Waals surface area contributed by atoms with Gasteiger partial charge in [-0.1, -0.05) is 23.7 Å². The predicted octanol–water partition coefficient (Wildman–Crippen LogP) is 4.60. The van der Waals surface area contributed by atoms with Gasteiger partial charge in [-0.3, -0.25) is 0 Å². The van der Waals surface area contributed by atoms with Gasteiger partial charge < -0.3 is 10.5 Å². The lowest BCUT2D eigenvalue weighted by atomic mass is 10.00. The first-order valence-electron chi connectivity index (χ1n) is 6.89. The van der Waals surface area contributed by atoms with E-state index in [0.717, 1.165) is 12.1 Å². The molecule has 1 unspecified atom stereocenters. The van der Waals surface area contributed by atoms with Crippen molar-refractivity contribution in [3.05, 3.63) is 63.9 Å². The van der Waals surface area contributed by atoms with Crippen LogP contribution >= 0.6 is 11.6 Å². The van der Waals surface area contributed by atoms with Crippen LogP contribution in [0.5, 0.6) is 0 Å². The minimum Gasteiger partial charge on any atom is -0.475 e. The van der Waals surface area contributed by atoms with Gasteiger partial charge in [-0.15, -0.1) is 0 Å². The third-order valence-electron chi connectivity index (χ3n) is 3.61. The van der Waals surface area contributed by atoms with E-state index in [-0.39, 0.29) is 12.5 Å². The molecule has 0 amide bonds. The van der Waals surface area contributed by atoms with Gasteiger partial charge in [0.25, 0.3) is 0 Å². The SMILES string of the molecule is Nc1ccccc1C1=NC(c2c(C(F)(F)F)ccc(Cl)c2F)CO1. The monoisotopic (exact) mass is 358 g/mol. The van der Waals surface area contributed by atoms with Crippen LogP contribution in [0.25, 0.3) is 0 Å². The third kappa shape index (κ3) is 2.91. The number of nitrogens with two attached hydrogens (primary N) is 1. The van der Waals surface area contributed by atoms with Crippen molar-refractivity contribution >= 4 is 23.2 Å². The molecular weight excluding hydrogens is 348 g/mol. The van der Waals surface area contributed by atoms with Crippen LogP contribution < -0.4 is 5.73 Å². The third-order valence-corrected chi connectivity index (χ3v) is 3.91. The van der Waals surface area contributed by atoms with Crippen LogP contribution in [0, 0.1) is 5.82 Å². The number of alkyl halides is 3. The Morgan fingerprint density at radius 1 is 1.17 bits per heavy atom. The Balaban J connectivity index is 2.08. The molecule has 1 atom stereocenters. The highest BCUT2D eigenvalue weighted by atomic mass is 35.5. The summed E-state index contributed by atoms with van der Waals surface area (Å²) in [5.74, 6) is -1.07. The number of rotatable bonds is 2.